The largest absolute Gasteiger partial charge is 0.443 e. The van der Waals surface area contributed by atoms with E-state index in [1.54, 1.807) is 48.7 Å². The van der Waals surface area contributed by atoms with Crippen LogP contribution in [0.3, 0.4) is 0 Å². The first-order chi connectivity index (χ1) is 11.5. The lowest BCUT2D eigenvalue weighted by molar-refractivity contribution is 0.482. The zero-order chi connectivity index (χ0) is 17.2. The fourth-order valence-electron chi connectivity index (χ4n) is 2.01. The topological polar surface area (TPSA) is 71.7 Å². The highest BCUT2D eigenvalue weighted by atomic mass is 35.5. The Hall–Kier alpha value is -1.96. The maximum Gasteiger partial charge on any atom is 0.318 e. The van der Waals surface area contributed by atoms with Crippen LogP contribution >= 0.6 is 23.4 Å². The van der Waals surface area contributed by atoms with Crippen molar-refractivity contribution in [2.24, 2.45) is 4.40 Å². The highest BCUT2D eigenvalue weighted by molar-refractivity contribution is 8.14. The van der Waals surface area contributed by atoms with Crippen molar-refractivity contribution in [2.45, 2.75) is 5.09 Å². The van der Waals surface area contributed by atoms with Gasteiger partial charge in [0.1, 0.15) is 5.58 Å². The van der Waals surface area contributed by atoms with E-state index in [1.807, 2.05) is 6.07 Å². The Morgan fingerprint density at radius 1 is 1.17 bits per heavy atom. The molecule has 0 atom stereocenters. The molecule has 0 radical (unpaired) electrons. The molecule has 0 unspecified atom stereocenters. The second-order valence-electron chi connectivity index (χ2n) is 4.81. The second-order valence-corrected chi connectivity index (χ2v) is 7.58. The van der Waals surface area contributed by atoms with E-state index in [4.69, 9.17) is 16.0 Å². The van der Waals surface area contributed by atoms with E-state index < -0.39 is 10.0 Å². The summed E-state index contributed by atoms with van der Waals surface area (Å²) in [6.45, 7) is 0. The van der Waals surface area contributed by atoms with Crippen LogP contribution in [-0.4, -0.2) is 19.8 Å². The Bertz CT molecular complexity index is 963. The summed E-state index contributed by atoms with van der Waals surface area (Å²) in [6, 6.07) is 15.4. The van der Waals surface area contributed by atoms with Gasteiger partial charge in [0.05, 0.1) is 0 Å². The quantitative estimate of drug-likeness (QED) is 0.530. The number of nitrogens with one attached hydrogen (secondary N) is 1. The van der Waals surface area contributed by atoms with Gasteiger partial charge in [-0.2, -0.15) is 8.42 Å². The SMILES string of the molecule is CS/C(=N\S(=O)(=O)c1cc2ccccc2o1)Nc1ccc(Cl)cc1. The molecule has 0 spiro atoms. The van der Waals surface area contributed by atoms with Crippen LogP contribution < -0.4 is 5.32 Å². The molecule has 124 valence electrons. The minimum atomic E-state index is -3.95. The number of hydrogen-bond acceptors (Lipinski definition) is 4. The van der Waals surface area contributed by atoms with Crippen LogP contribution in [0.1, 0.15) is 0 Å². The highest BCUT2D eigenvalue weighted by Gasteiger charge is 2.20. The molecule has 0 aliphatic carbocycles. The lowest BCUT2D eigenvalue weighted by atomic mass is 10.3. The lowest BCUT2D eigenvalue weighted by Crippen LogP contribution is -2.10. The van der Waals surface area contributed by atoms with Gasteiger partial charge >= 0.3 is 10.0 Å². The first kappa shape index (κ1) is 16.9. The van der Waals surface area contributed by atoms with Crippen molar-refractivity contribution < 1.29 is 12.8 Å². The molecule has 0 saturated heterocycles. The molecule has 0 saturated carbocycles. The van der Waals surface area contributed by atoms with Crippen LogP contribution in [-0.2, 0) is 10.0 Å². The number of hydrogen-bond donors (Lipinski definition) is 1. The highest BCUT2D eigenvalue weighted by Crippen LogP contribution is 2.24. The summed E-state index contributed by atoms with van der Waals surface area (Å²) < 4.78 is 34.1. The van der Waals surface area contributed by atoms with Gasteiger partial charge in [-0.05, 0) is 36.6 Å². The van der Waals surface area contributed by atoms with Gasteiger partial charge in [0.25, 0.3) is 0 Å². The summed E-state index contributed by atoms with van der Waals surface area (Å²) in [5.74, 6) is 0. The van der Waals surface area contributed by atoms with Crippen LogP contribution in [0.25, 0.3) is 11.0 Å². The molecule has 3 rings (SSSR count). The van der Waals surface area contributed by atoms with E-state index in [0.29, 0.717) is 21.7 Å². The molecule has 1 heterocycles. The van der Waals surface area contributed by atoms with E-state index >= 15 is 0 Å². The molecule has 8 heteroatoms. The number of benzene rings is 2. The summed E-state index contributed by atoms with van der Waals surface area (Å²) in [6.07, 6.45) is 1.73. The van der Waals surface area contributed by atoms with Crippen molar-refractivity contribution in [3.8, 4) is 0 Å². The summed E-state index contributed by atoms with van der Waals surface area (Å²) >= 11 is 7.02. The van der Waals surface area contributed by atoms with Gasteiger partial charge in [-0.15, -0.1) is 4.40 Å². The van der Waals surface area contributed by atoms with E-state index in [1.165, 1.54) is 17.8 Å². The summed E-state index contributed by atoms with van der Waals surface area (Å²) in [4.78, 5) is 0. The Balaban J connectivity index is 1.91. The monoisotopic (exact) mass is 380 g/mol. The standard InChI is InChI=1S/C16H13ClN2O3S2/c1-23-16(18-13-8-6-12(17)7-9-13)19-24(20,21)15-10-11-4-2-3-5-14(11)22-15/h2-10H,1H3,(H,18,19). The number of furan rings is 1. The van der Waals surface area contributed by atoms with Crippen molar-refractivity contribution in [1.82, 2.24) is 0 Å². The number of fused-ring (bicyclic) bond motifs is 1. The molecule has 1 aromatic heterocycles. The number of para-hydroxylation sites is 1. The summed E-state index contributed by atoms with van der Waals surface area (Å²) in [5.41, 5.74) is 1.19. The Morgan fingerprint density at radius 2 is 1.88 bits per heavy atom. The normalized spacial score (nSPS) is 12.5. The third-order valence-corrected chi connectivity index (χ3v) is 5.23. The van der Waals surface area contributed by atoms with Gasteiger partial charge < -0.3 is 9.73 Å². The average molecular weight is 381 g/mol. The molecule has 0 amide bonds. The molecule has 0 aliphatic rings. The van der Waals surface area contributed by atoms with Crippen molar-refractivity contribution >= 4 is 55.2 Å². The molecule has 24 heavy (non-hydrogen) atoms. The van der Waals surface area contributed by atoms with E-state index in [-0.39, 0.29) is 10.3 Å². The number of anilines is 1. The van der Waals surface area contributed by atoms with Gasteiger partial charge in [0.2, 0.25) is 5.09 Å². The number of sulfonamides is 1. The van der Waals surface area contributed by atoms with E-state index in [0.717, 1.165) is 0 Å². The Labute approximate surface area is 148 Å². The molecule has 3 aromatic rings. The Morgan fingerprint density at radius 3 is 2.54 bits per heavy atom. The summed E-state index contributed by atoms with van der Waals surface area (Å²) in [5, 5.41) is 4.30. The van der Waals surface area contributed by atoms with Crippen LogP contribution in [0, 0.1) is 0 Å². The zero-order valence-corrected chi connectivity index (χ0v) is 15.0. The fraction of sp³-hybridized carbons (Fsp3) is 0.0625. The van der Waals surface area contributed by atoms with Gasteiger partial charge in [-0.25, -0.2) is 0 Å². The first-order valence-corrected chi connectivity index (χ1v) is 9.92. The average Bonchev–Trinajstić information content (AvgIpc) is 3.01. The van der Waals surface area contributed by atoms with Gasteiger partial charge in [-0.1, -0.05) is 41.6 Å². The number of amidine groups is 1. The minimum Gasteiger partial charge on any atom is -0.443 e. The maximum atomic E-state index is 12.5. The van der Waals surface area contributed by atoms with Crippen LogP contribution in [0.4, 0.5) is 5.69 Å². The minimum absolute atomic E-state index is 0.187. The van der Waals surface area contributed by atoms with E-state index in [2.05, 4.69) is 9.71 Å². The molecule has 1 N–H and O–H groups in total. The van der Waals surface area contributed by atoms with Gasteiger partial charge in [0, 0.05) is 22.2 Å². The molecule has 2 aromatic carbocycles. The second kappa shape index (κ2) is 6.88. The van der Waals surface area contributed by atoms with Crippen molar-refractivity contribution in [2.75, 3.05) is 11.6 Å². The van der Waals surface area contributed by atoms with Crippen molar-refractivity contribution in [3.05, 3.63) is 59.6 Å². The smallest absolute Gasteiger partial charge is 0.318 e. The molecule has 0 bridgehead atoms. The number of halogens is 1. The fourth-order valence-corrected chi connectivity index (χ4v) is 3.77. The van der Waals surface area contributed by atoms with Crippen LogP contribution in [0.15, 0.2) is 68.5 Å². The van der Waals surface area contributed by atoms with Crippen LogP contribution in [0.2, 0.25) is 5.02 Å². The third-order valence-electron chi connectivity index (χ3n) is 3.15. The van der Waals surface area contributed by atoms with Crippen molar-refractivity contribution in [1.29, 1.82) is 0 Å². The molecule has 0 aliphatic heterocycles. The van der Waals surface area contributed by atoms with E-state index in [9.17, 15) is 8.42 Å². The maximum absolute atomic E-state index is 12.5. The summed E-state index contributed by atoms with van der Waals surface area (Å²) in [7, 11) is -3.95. The predicted octanol–water partition coefficient (Wildman–Crippen LogP) is 4.61. The third kappa shape index (κ3) is 3.75. The molecule has 5 nitrogen and oxygen atoms in total. The lowest BCUT2D eigenvalue weighted by Gasteiger charge is -2.07. The number of thioether (sulfide) groups is 1. The van der Waals surface area contributed by atoms with Crippen molar-refractivity contribution in [3.63, 3.8) is 0 Å². The molecular weight excluding hydrogens is 368 g/mol. The van der Waals surface area contributed by atoms with Crippen LogP contribution in [0.5, 0.6) is 0 Å². The van der Waals surface area contributed by atoms with Gasteiger partial charge in [0.15, 0.2) is 5.17 Å². The predicted molar refractivity (Wildman–Crippen MR) is 99.4 cm³/mol. The molecule has 0 fully saturated rings. The zero-order valence-electron chi connectivity index (χ0n) is 12.6. The molecular formula is C16H13ClN2O3S2. The first-order valence-electron chi connectivity index (χ1n) is 6.88. The number of nitrogens with zero attached hydrogens (tertiary/aromatic N) is 1. The van der Waals surface area contributed by atoms with Gasteiger partial charge in [-0.3, -0.25) is 0 Å². The number of rotatable bonds is 3. The Kier molecular flexibility index (Phi) is 4.84.